The zero-order valence-corrected chi connectivity index (χ0v) is 16.1. The van der Waals surface area contributed by atoms with E-state index in [1.807, 2.05) is 26.0 Å². The van der Waals surface area contributed by atoms with Crippen molar-refractivity contribution in [3.8, 4) is 0 Å². The first kappa shape index (κ1) is 18.5. The summed E-state index contributed by atoms with van der Waals surface area (Å²) in [6, 6.07) is 12.4. The summed E-state index contributed by atoms with van der Waals surface area (Å²) < 4.78 is 28.1. The van der Waals surface area contributed by atoms with Gasteiger partial charge in [0.1, 0.15) is 0 Å². The topological polar surface area (TPSA) is 66.5 Å². The number of hydrogen-bond acceptors (Lipinski definition) is 3. The highest BCUT2D eigenvalue weighted by atomic mass is 32.2. The van der Waals surface area contributed by atoms with E-state index >= 15 is 0 Å². The molecule has 0 bridgehead atoms. The maximum atomic E-state index is 12.7. The molecule has 0 fully saturated rings. The SMILES string of the molecule is CCC(=O)N1c2ccc(S(=O)(=O)Nc3ccc(CC)cc3)cc2CC1C. The monoisotopic (exact) mass is 372 g/mol. The minimum absolute atomic E-state index is 0.0463. The zero-order chi connectivity index (χ0) is 18.9. The lowest BCUT2D eigenvalue weighted by atomic mass is 10.1. The van der Waals surface area contributed by atoms with Crippen LogP contribution in [-0.4, -0.2) is 20.4 Å². The van der Waals surface area contributed by atoms with Crippen LogP contribution in [0.15, 0.2) is 47.4 Å². The molecule has 26 heavy (non-hydrogen) atoms. The molecule has 0 radical (unpaired) electrons. The lowest BCUT2D eigenvalue weighted by Gasteiger charge is -2.22. The average molecular weight is 372 g/mol. The molecule has 1 heterocycles. The third kappa shape index (κ3) is 3.46. The molecule has 6 heteroatoms. The van der Waals surface area contributed by atoms with Crippen LogP contribution < -0.4 is 9.62 Å². The van der Waals surface area contributed by atoms with Gasteiger partial charge in [0.2, 0.25) is 5.91 Å². The van der Waals surface area contributed by atoms with Crippen LogP contribution in [0, 0.1) is 0 Å². The van der Waals surface area contributed by atoms with Gasteiger partial charge in [-0.3, -0.25) is 9.52 Å². The second-order valence-corrected chi connectivity index (χ2v) is 8.30. The highest BCUT2D eigenvalue weighted by Gasteiger charge is 2.31. The lowest BCUT2D eigenvalue weighted by molar-refractivity contribution is -0.118. The number of nitrogens with one attached hydrogen (secondary N) is 1. The minimum Gasteiger partial charge on any atom is -0.309 e. The molecule has 0 saturated carbocycles. The predicted octanol–water partition coefficient (Wildman–Crippen LogP) is 3.74. The molecule has 0 saturated heterocycles. The Morgan fingerprint density at radius 2 is 1.85 bits per heavy atom. The molecule has 1 unspecified atom stereocenters. The molecule has 2 aromatic carbocycles. The van der Waals surface area contributed by atoms with Crippen LogP contribution in [0.3, 0.4) is 0 Å². The summed E-state index contributed by atoms with van der Waals surface area (Å²) in [5.41, 5.74) is 3.40. The first-order valence-electron chi connectivity index (χ1n) is 8.92. The van der Waals surface area contributed by atoms with E-state index in [0.717, 1.165) is 23.2 Å². The van der Waals surface area contributed by atoms with Gasteiger partial charge in [-0.15, -0.1) is 0 Å². The fourth-order valence-electron chi connectivity index (χ4n) is 3.35. The number of rotatable bonds is 5. The molecule has 0 aromatic heterocycles. The number of nitrogens with zero attached hydrogens (tertiary/aromatic N) is 1. The lowest BCUT2D eigenvalue weighted by Crippen LogP contribution is -2.35. The Hall–Kier alpha value is -2.34. The van der Waals surface area contributed by atoms with E-state index in [0.29, 0.717) is 18.5 Å². The van der Waals surface area contributed by atoms with Crippen molar-refractivity contribution in [3.05, 3.63) is 53.6 Å². The van der Waals surface area contributed by atoms with E-state index in [-0.39, 0.29) is 16.8 Å². The van der Waals surface area contributed by atoms with Crippen molar-refractivity contribution in [2.24, 2.45) is 0 Å². The van der Waals surface area contributed by atoms with E-state index in [9.17, 15) is 13.2 Å². The number of benzene rings is 2. The summed E-state index contributed by atoms with van der Waals surface area (Å²) in [6.07, 6.45) is 2.00. The number of sulfonamides is 1. The fraction of sp³-hybridized carbons (Fsp3) is 0.350. The van der Waals surface area contributed by atoms with Crippen molar-refractivity contribution in [1.29, 1.82) is 0 Å². The van der Waals surface area contributed by atoms with E-state index < -0.39 is 10.0 Å². The van der Waals surface area contributed by atoms with E-state index in [4.69, 9.17) is 0 Å². The molecule has 1 atom stereocenters. The quantitative estimate of drug-likeness (QED) is 0.869. The van der Waals surface area contributed by atoms with Crippen molar-refractivity contribution >= 4 is 27.3 Å². The highest BCUT2D eigenvalue weighted by molar-refractivity contribution is 7.92. The summed E-state index contributed by atoms with van der Waals surface area (Å²) in [5.74, 6) is 0.0565. The Balaban J connectivity index is 1.88. The Bertz CT molecular complexity index is 921. The number of carbonyl (C=O) groups excluding carboxylic acids is 1. The van der Waals surface area contributed by atoms with Gasteiger partial charge in [0.05, 0.1) is 4.90 Å². The number of amides is 1. The fourth-order valence-corrected chi connectivity index (χ4v) is 4.46. The Morgan fingerprint density at radius 3 is 2.46 bits per heavy atom. The van der Waals surface area contributed by atoms with Crippen molar-refractivity contribution in [3.63, 3.8) is 0 Å². The van der Waals surface area contributed by atoms with Gasteiger partial charge >= 0.3 is 0 Å². The summed E-state index contributed by atoms with van der Waals surface area (Å²) in [7, 11) is -3.67. The van der Waals surface area contributed by atoms with Crippen LogP contribution in [0.25, 0.3) is 0 Å². The number of anilines is 2. The van der Waals surface area contributed by atoms with Crippen LogP contribution in [0.4, 0.5) is 11.4 Å². The molecule has 3 rings (SSSR count). The van der Waals surface area contributed by atoms with Crippen molar-refractivity contribution < 1.29 is 13.2 Å². The summed E-state index contributed by atoms with van der Waals surface area (Å²) in [5, 5.41) is 0. The maximum absolute atomic E-state index is 12.7. The molecule has 2 aromatic rings. The standard InChI is InChI=1S/C20H24N2O3S/c1-4-15-6-8-17(9-7-15)21-26(24,25)18-10-11-19-16(13-18)12-14(3)22(19)20(23)5-2/h6-11,13-14,21H,4-5,12H2,1-3H3. The van der Waals surface area contributed by atoms with Crippen molar-refractivity contribution in [2.45, 2.75) is 51.0 Å². The van der Waals surface area contributed by atoms with Gasteiger partial charge in [-0.05, 0) is 61.2 Å². The Morgan fingerprint density at radius 1 is 1.15 bits per heavy atom. The number of fused-ring (bicyclic) bond motifs is 1. The van der Waals surface area contributed by atoms with Crippen molar-refractivity contribution in [1.82, 2.24) is 0 Å². The predicted molar refractivity (Wildman–Crippen MR) is 104 cm³/mol. The van der Waals surface area contributed by atoms with Gasteiger partial charge in [-0.2, -0.15) is 0 Å². The van der Waals surface area contributed by atoms with Gasteiger partial charge in [-0.1, -0.05) is 26.0 Å². The number of aryl methyl sites for hydroxylation is 1. The molecule has 0 aliphatic carbocycles. The van der Waals surface area contributed by atoms with Crippen LogP contribution in [0.5, 0.6) is 0 Å². The molecule has 1 aliphatic heterocycles. The minimum atomic E-state index is -3.67. The zero-order valence-electron chi connectivity index (χ0n) is 15.3. The molecular weight excluding hydrogens is 348 g/mol. The third-order valence-electron chi connectivity index (χ3n) is 4.76. The molecule has 1 N–H and O–H groups in total. The first-order chi connectivity index (χ1) is 12.4. The molecule has 0 spiro atoms. The summed E-state index contributed by atoms with van der Waals surface area (Å²) in [6.45, 7) is 5.87. The number of carbonyl (C=O) groups is 1. The second-order valence-electron chi connectivity index (χ2n) is 6.62. The maximum Gasteiger partial charge on any atom is 0.261 e. The average Bonchev–Trinajstić information content (AvgIpc) is 2.96. The largest absolute Gasteiger partial charge is 0.309 e. The van der Waals surface area contributed by atoms with Crippen LogP contribution in [0.2, 0.25) is 0 Å². The Labute approximate surface area is 155 Å². The Kier molecular flexibility index (Phi) is 5.05. The first-order valence-corrected chi connectivity index (χ1v) is 10.4. The van der Waals surface area contributed by atoms with Gasteiger partial charge in [0.25, 0.3) is 10.0 Å². The molecule has 1 amide bonds. The third-order valence-corrected chi connectivity index (χ3v) is 6.14. The molecule has 138 valence electrons. The van der Waals surface area contributed by atoms with Crippen LogP contribution >= 0.6 is 0 Å². The number of hydrogen-bond donors (Lipinski definition) is 1. The highest BCUT2D eigenvalue weighted by Crippen LogP contribution is 2.34. The van der Waals surface area contributed by atoms with E-state index in [1.54, 1.807) is 35.2 Å². The van der Waals surface area contributed by atoms with Crippen molar-refractivity contribution in [2.75, 3.05) is 9.62 Å². The van der Waals surface area contributed by atoms with E-state index in [1.165, 1.54) is 0 Å². The van der Waals surface area contributed by atoms with Gasteiger partial charge in [-0.25, -0.2) is 8.42 Å². The van der Waals surface area contributed by atoms with Crippen LogP contribution in [0.1, 0.15) is 38.3 Å². The van der Waals surface area contributed by atoms with Gasteiger partial charge in [0.15, 0.2) is 0 Å². The molecule has 5 nitrogen and oxygen atoms in total. The van der Waals surface area contributed by atoms with Gasteiger partial charge < -0.3 is 4.90 Å². The summed E-state index contributed by atoms with van der Waals surface area (Å²) >= 11 is 0. The molecule has 1 aliphatic rings. The normalized spacial score (nSPS) is 16.4. The molecular formula is C20H24N2O3S. The summed E-state index contributed by atoms with van der Waals surface area (Å²) in [4.78, 5) is 14.1. The van der Waals surface area contributed by atoms with Crippen LogP contribution in [-0.2, 0) is 27.7 Å². The smallest absolute Gasteiger partial charge is 0.261 e. The van der Waals surface area contributed by atoms with Gasteiger partial charge in [0, 0.05) is 23.8 Å². The van der Waals surface area contributed by atoms with E-state index in [2.05, 4.69) is 11.6 Å². The second kappa shape index (κ2) is 7.11.